The van der Waals surface area contributed by atoms with Crippen LogP contribution in [0.5, 0.6) is 0 Å². The minimum absolute atomic E-state index is 0.0154. The van der Waals surface area contributed by atoms with E-state index >= 15 is 0 Å². The summed E-state index contributed by atoms with van der Waals surface area (Å²) in [5, 5.41) is 11.5. The lowest BCUT2D eigenvalue weighted by Gasteiger charge is -2.15. The average molecular weight is 264 g/mol. The van der Waals surface area contributed by atoms with Crippen molar-refractivity contribution >= 4 is 11.9 Å². The van der Waals surface area contributed by atoms with E-state index in [9.17, 15) is 14.4 Å². The summed E-state index contributed by atoms with van der Waals surface area (Å²) in [6, 6.07) is 0.948. The third kappa shape index (κ3) is 3.43. The maximum atomic E-state index is 12.0. The number of hydrogen-bond donors (Lipinski definition) is 3. The molecule has 19 heavy (non-hydrogen) atoms. The highest BCUT2D eigenvalue weighted by atomic mass is 16.4. The SMILES string of the molecule is Cc1cc(=O)c(C(=O)NC(CC(=O)O)C2CC2)c[nH]1. The number of aliphatic carboxylic acids is 1. The third-order valence-electron chi connectivity index (χ3n) is 3.20. The van der Waals surface area contributed by atoms with Gasteiger partial charge in [0, 0.05) is 24.0 Å². The Morgan fingerprint density at radius 3 is 2.74 bits per heavy atom. The largest absolute Gasteiger partial charge is 0.481 e. The second-order valence-corrected chi connectivity index (χ2v) is 4.91. The van der Waals surface area contributed by atoms with Crippen LogP contribution >= 0.6 is 0 Å². The minimum atomic E-state index is -0.949. The quantitative estimate of drug-likeness (QED) is 0.727. The van der Waals surface area contributed by atoms with Gasteiger partial charge in [0.2, 0.25) is 0 Å². The molecule has 0 spiro atoms. The van der Waals surface area contributed by atoms with Gasteiger partial charge >= 0.3 is 5.97 Å². The van der Waals surface area contributed by atoms with Crippen LogP contribution in [-0.4, -0.2) is 28.0 Å². The number of nitrogens with one attached hydrogen (secondary N) is 2. The molecule has 1 heterocycles. The number of carboxylic acids is 1. The predicted molar refractivity (Wildman–Crippen MR) is 68.0 cm³/mol. The average Bonchev–Trinajstić information content (AvgIpc) is 3.10. The Balaban J connectivity index is 2.10. The van der Waals surface area contributed by atoms with Crippen molar-refractivity contribution < 1.29 is 14.7 Å². The Hall–Kier alpha value is -2.11. The van der Waals surface area contributed by atoms with Gasteiger partial charge in [0.15, 0.2) is 5.43 Å². The molecule has 0 radical (unpaired) electrons. The summed E-state index contributed by atoms with van der Waals surface area (Å²) in [4.78, 5) is 37.2. The molecule has 6 nitrogen and oxygen atoms in total. The highest BCUT2D eigenvalue weighted by Gasteiger charge is 2.34. The summed E-state index contributed by atoms with van der Waals surface area (Å²) in [6.45, 7) is 1.72. The molecule has 1 aromatic heterocycles. The molecule has 1 amide bonds. The molecule has 6 heteroatoms. The Morgan fingerprint density at radius 1 is 1.53 bits per heavy atom. The normalized spacial score (nSPS) is 15.8. The summed E-state index contributed by atoms with van der Waals surface area (Å²) in [6.07, 6.45) is 3.09. The molecule has 1 atom stereocenters. The van der Waals surface area contributed by atoms with Crippen molar-refractivity contribution in [3.63, 3.8) is 0 Å². The van der Waals surface area contributed by atoms with Crippen LogP contribution in [0.3, 0.4) is 0 Å². The highest BCUT2D eigenvalue weighted by Crippen LogP contribution is 2.34. The fourth-order valence-electron chi connectivity index (χ4n) is 2.02. The second kappa shape index (κ2) is 5.26. The third-order valence-corrected chi connectivity index (χ3v) is 3.20. The molecule has 0 bridgehead atoms. The summed E-state index contributed by atoms with van der Waals surface area (Å²) in [5.74, 6) is -1.25. The number of rotatable bonds is 5. The van der Waals surface area contributed by atoms with Gasteiger partial charge in [0.1, 0.15) is 5.56 Å². The standard InChI is InChI=1S/C13H16N2O4/c1-7-4-11(16)9(6-14-7)13(19)15-10(5-12(17)18)8-2-3-8/h4,6,8,10H,2-3,5H2,1H3,(H,14,16)(H,15,19)(H,17,18). The lowest BCUT2D eigenvalue weighted by Crippen LogP contribution is -2.40. The Bertz CT molecular complexity index is 560. The van der Waals surface area contributed by atoms with Gasteiger partial charge in [-0.15, -0.1) is 0 Å². The summed E-state index contributed by atoms with van der Waals surface area (Å²) >= 11 is 0. The molecule has 1 fully saturated rings. The van der Waals surface area contributed by atoms with E-state index in [1.54, 1.807) is 6.92 Å². The zero-order valence-corrected chi connectivity index (χ0v) is 10.6. The molecule has 1 unspecified atom stereocenters. The zero-order valence-electron chi connectivity index (χ0n) is 10.6. The molecule has 0 saturated heterocycles. The van der Waals surface area contributed by atoms with E-state index in [1.807, 2.05) is 0 Å². The molecular formula is C13H16N2O4. The van der Waals surface area contributed by atoms with Crippen molar-refractivity contribution in [2.75, 3.05) is 0 Å². The van der Waals surface area contributed by atoms with Crippen molar-refractivity contribution in [3.05, 3.63) is 33.7 Å². The first-order chi connectivity index (χ1) is 8.97. The Labute approximate surface area is 109 Å². The van der Waals surface area contributed by atoms with Gasteiger partial charge in [0.25, 0.3) is 5.91 Å². The van der Waals surface area contributed by atoms with Gasteiger partial charge in [-0.3, -0.25) is 14.4 Å². The number of pyridine rings is 1. The first kappa shape index (κ1) is 13.3. The molecule has 1 saturated carbocycles. The van der Waals surface area contributed by atoms with Crippen LogP contribution in [0.4, 0.5) is 0 Å². The molecule has 0 aromatic carbocycles. The number of H-pyrrole nitrogens is 1. The summed E-state index contributed by atoms with van der Waals surface area (Å²) in [5.41, 5.74) is 0.325. The highest BCUT2D eigenvalue weighted by molar-refractivity contribution is 5.94. The van der Waals surface area contributed by atoms with Gasteiger partial charge in [-0.25, -0.2) is 0 Å². The number of hydrogen-bond acceptors (Lipinski definition) is 3. The minimum Gasteiger partial charge on any atom is -0.481 e. The monoisotopic (exact) mass is 264 g/mol. The fourth-order valence-corrected chi connectivity index (χ4v) is 2.02. The van der Waals surface area contributed by atoms with Gasteiger partial charge in [-0.1, -0.05) is 0 Å². The van der Waals surface area contributed by atoms with E-state index in [2.05, 4.69) is 10.3 Å². The molecule has 2 rings (SSSR count). The van der Waals surface area contributed by atoms with Crippen LogP contribution in [0, 0.1) is 12.8 Å². The van der Waals surface area contributed by atoms with Crippen LogP contribution in [0.2, 0.25) is 0 Å². The molecule has 3 N–H and O–H groups in total. The predicted octanol–water partition coefficient (Wildman–Crippen LogP) is 0.666. The van der Waals surface area contributed by atoms with E-state index in [-0.39, 0.29) is 23.3 Å². The Kier molecular flexibility index (Phi) is 3.69. The number of aromatic nitrogens is 1. The van der Waals surface area contributed by atoms with E-state index in [0.717, 1.165) is 12.8 Å². The lowest BCUT2D eigenvalue weighted by atomic mass is 10.1. The van der Waals surface area contributed by atoms with E-state index < -0.39 is 17.9 Å². The van der Waals surface area contributed by atoms with Gasteiger partial charge in [0.05, 0.1) is 6.42 Å². The van der Waals surface area contributed by atoms with Crippen LogP contribution in [-0.2, 0) is 4.79 Å². The summed E-state index contributed by atoms with van der Waals surface area (Å²) < 4.78 is 0. The van der Waals surface area contributed by atoms with Gasteiger partial charge in [-0.05, 0) is 25.7 Å². The molecule has 102 valence electrons. The van der Waals surface area contributed by atoms with Crippen LogP contribution in [0.15, 0.2) is 17.1 Å². The first-order valence-corrected chi connectivity index (χ1v) is 6.19. The smallest absolute Gasteiger partial charge is 0.305 e. The Morgan fingerprint density at radius 2 is 2.21 bits per heavy atom. The number of aryl methyl sites for hydroxylation is 1. The van der Waals surface area contributed by atoms with Crippen molar-refractivity contribution in [2.24, 2.45) is 5.92 Å². The molecular weight excluding hydrogens is 248 g/mol. The van der Waals surface area contributed by atoms with Crippen molar-refractivity contribution in [1.82, 2.24) is 10.3 Å². The van der Waals surface area contributed by atoms with E-state index in [4.69, 9.17) is 5.11 Å². The number of amides is 1. The molecule has 0 aliphatic heterocycles. The number of carbonyl (C=O) groups excluding carboxylic acids is 1. The van der Waals surface area contributed by atoms with Gasteiger partial charge in [-0.2, -0.15) is 0 Å². The fraction of sp³-hybridized carbons (Fsp3) is 0.462. The van der Waals surface area contributed by atoms with E-state index in [1.165, 1.54) is 12.3 Å². The lowest BCUT2D eigenvalue weighted by molar-refractivity contribution is -0.137. The topological polar surface area (TPSA) is 99.3 Å². The van der Waals surface area contributed by atoms with Gasteiger partial charge < -0.3 is 15.4 Å². The number of carbonyl (C=O) groups is 2. The molecule has 1 aromatic rings. The first-order valence-electron chi connectivity index (χ1n) is 6.19. The summed E-state index contributed by atoms with van der Waals surface area (Å²) in [7, 11) is 0. The number of carboxylic acid groups (broad SMARTS) is 1. The molecule has 1 aliphatic carbocycles. The van der Waals surface area contributed by atoms with Crippen molar-refractivity contribution in [2.45, 2.75) is 32.2 Å². The zero-order chi connectivity index (χ0) is 14.0. The van der Waals surface area contributed by atoms with Crippen LogP contribution < -0.4 is 10.7 Å². The van der Waals surface area contributed by atoms with Crippen molar-refractivity contribution in [1.29, 1.82) is 0 Å². The van der Waals surface area contributed by atoms with Crippen molar-refractivity contribution in [3.8, 4) is 0 Å². The van der Waals surface area contributed by atoms with Crippen LogP contribution in [0.1, 0.15) is 35.3 Å². The maximum Gasteiger partial charge on any atom is 0.305 e. The van der Waals surface area contributed by atoms with E-state index in [0.29, 0.717) is 5.69 Å². The second-order valence-electron chi connectivity index (χ2n) is 4.91. The maximum absolute atomic E-state index is 12.0. The number of aromatic amines is 1. The molecule has 1 aliphatic rings. The van der Waals surface area contributed by atoms with Crippen LogP contribution in [0.25, 0.3) is 0 Å².